The van der Waals surface area contributed by atoms with Crippen molar-refractivity contribution in [2.75, 3.05) is 18.1 Å². The van der Waals surface area contributed by atoms with E-state index in [9.17, 15) is 0 Å². The first-order valence-electron chi connectivity index (χ1n) is 5.07. The van der Waals surface area contributed by atoms with E-state index in [2.05, 4.69) is 27.8 Å². The highest BCUT2D eigenvalue weighted by molar-refractivity contribution is 9.10. The summed E-state index contributed by atoms with van der Waals surface area (Å²) in [5.41, 5.74) is 1.14. The third-order valence-electron chi connectivity index (χ3n) is 1.99. The molecular weight excluding hydrogens is 306 g/mol. The van der Waals surface area contributed by atoms with Gasteiger partial charge in [-0.15, -0.1) is 6.58 Å². The van der Waals surface area contributed by atoms with Crippen LogP contribution in [0.1, 0.15) is 5.56 Å². The van der Waals surface area contributed by atoms with Gasteiger partial charge in [-0.05, 0) is 17.7 Å². The smallest absolute Gasteiger partial charge is 0.0462 e. The topological polar surface area (TPSA) is 12.0 Å². The highest BCUT2D eigenvalue weighted by atomic mass is 79.9. The van der Waals surface area contributed by atoms with Crippen LogP contribution in [0.3, 0.4) is 0 Å². The molecule has 4 heteroatoms. The van der Waals surface area contributed by atoms with Crippen LogP contribution in [-0.4, -0.2) is 18.1 Å². The summed E-state index contributed by atoms with van der Waals surface area (Å²) in [5, 5.41) is 4.17. The highest BCUT2D eigenvalue weighted by Crippen LogP contribution is 2.21. The van der Waals surface area contributed by atoms with Crippen LogP contribution in [0, 0.1) is 0 Å². The molecule has 0 fully saturated rings. The summed E-state index contributed by atoms with van der Waals surface area (Å²) >= 11 is 11.4. The summed E-state index contributed by atoms with van der Waals surface area (Å²) in [7, 11) is 0. The van der Waals surface area contributed by atoms with Crippen molar-refractivity contribution in [1.82, 2.24) is 5.32 Å². The van der Waals surface area contributed by atoms with Crippen molar-refractivity contribution in [2.24, 2.45) is 0 Å². The van der Waals surface area contributed by atoms with E-state index in [-0.39, 0.29) is 0 Å². The van der Waals surface area contributed by atoms with Crippen molar-refractivity contribution in [3.05, 3.63) is 45.9 Å². The van der Waals surface area contributed by atoms with Crippen molar-refractivity contribution in [1.29, 1.82) is 0 Å². The Kier molecular flexibility index (Phi) is 7.21. The maximum absolute atomic E-state index is 6.10. The largest absolute Gasteiger partial charge is 0.312 e. The second-order valence-corrected chi connectivity index (χ2v) is 5.75. The van der Waals surface area contributed by atoms with Gasteiger partial charge in [-0.25, -0.2) is 0 Å². The number of hydrogen-bond donors (Lipinski definition) is 1. The SMILES string of the molecule is C=CCSCCNCc1ccc(Br)cc1Cl. The summed E-state index contributed by atoms with van der Waals surface area (Å²) in [4.78, 5) is 0. The molecule has 0 saturated heterocycles. The summed E-state index contributed by atoms with van der Waals surface area (Å²) < 4.78 is 1.02. The number of nitrogens with one attached hydrogen (secondary N) is 1. The monoisotopic (exact) mass is 319 g/mol. The van der Waals surface area contributed by atoms with Crippen molar-refractivity contribution < 1.29 is 0 Å². The summed E-state index contributed by atoms with van der Waals surface area (Å²) in [6.45, 7) is 5.49. The molecule has 0 saturated carbocycles. The molecule has 1 N–H and O–H groups in total. The highest BCUT2D eigenvalue weighted by Gasteiger charge is 1.99. The van der Waals surface area contributed by atoms with E-state index >= 15 is 0 Å². The van der Waals surface area contributed by atoms with Gasteiger partial charge >= 0.3 is 0 Å². The molecule has 1 nitrogen and oxygen atoms in total. The van der Waals surface area contributed by atoms with Crippen molar-refractivity contribution in [2.45, 2.75) is 6.54 Å². The van der Waals surface area contributed by atoms with Crippen molar-refractivity contribution in [3.8, 4) is 0 Å². The molecular formula is C12H15BrClNS. The fourth-order valence-corrected chi connectivity index (χ4v) is 2.56. The molecule has 1 aromatic carbocycles. The summed E-state index contributed by atoms with van der Waals surface area (Å²) in [5.74, 6) is 2.11. The average molecular weight is 321 g/mol. The van der Waals surface area contributed by atoms with Gasteiger partial charge in [0, 0.05) is 34.1 Å². The number of benzene rings is 1. The minimum Gasteiger partial charge on any atom is -0.312 e. The van der Waals surface area contributed by atoms with Crippen LogP contribution in [0.2, 0.25) is 5.02 Å². The first-order chi connectivity index (χ1) is 7.74. The van der Waals surface area contributed by atoms with Crippen LogP contribution >= 0.6 is 39.3 Å². The molecule has 0 amide bonds. The second kappa shape index (κ2) is 8.18. The van der Waals surface area contributed by atoms with Crippen LogP contribution in [0.25, 0.3) is 0 Å². The lowest BCUT2D eigenvalue weighted by molar-refractivity contribution is 0.732. The van der Waals surface area contributed by atoms with Gasteiger partial charge in [0.2, 0.25) is 0 Å². The lowest BCUT2D eigenvalue weighted by atomic mass is 10.2. The Labute approximate surface area is 115 Å². The van der Waals surface area contributed by atoms with E-state index in [0.717, 1.165) is 39.7 Å². The summed E-state index contributed by atoms with van der Waals surface area (Å²) in [6, 6.07) is 5.97. The molecule has 0 radical (unpaired) electrons. The molecule has 1 aromatic rings. The first-order valence-corrected chi connectivity index (χ1v) is 7.40. The molecule has 0 aromatic heterocycles. The molecule has 0 aliphatic rings. The number of rotatable bonds is 7. The van der Waals surface area contributed by atoms with Crippen LogP contribution in [-0.2, 0) is 6.54 Å². The zero-order chi connectivity index (χ0) is 11.8. The number of thioether (sulfide) groups is 1. The predicted molar refractivity (Wildman–Crippen MR) is 78.4 cm³/mol. The maximum atomic E-state index is 6.10. The van der Waals surface area contributed by atoms with Gasteiger partial charge in [-0.2, -0.15) is 11.8 Å². The fraction of sp³-hybridized carbons (Fsp3) is 0.333. The van der Waals surface area contributed by atoms with E-state index in [1.165, 1.54) is 0 Å². The zero-order valence-electron chi connectivity index (χ0n) is 9.01. The lowest BCUT2D eigenvalue weighted by Gasteiger charge is -2.06. The van der Waals surface area contributed by atoms with Crippen molar-refractivity contribution >= 4 is 39.3 Å². The van der Waals surface area contributed by atoms with Gasteiger partial charge in [0.15, 0.2) is 0 Å². The number of halogens is 2. The Hall–Kier alpha value is 0.0400. The minimum atomic E-state index is 0.806. The van der Waals surface area contributed by atoms with Crippen LogP contribution < -0.4 is 5.32 Å². The maximum Gasteiger partial charge on any atom is 0.0462 e. The Bertz CT molecular complexity index is 344. The van der Waals surface area contributed by atoms with E-state index in [1.807, 2.05) is 36.0 Å². The average Bonchev–Trinajstić information content (AvgIpc) is 2.26. The Morgan fingerprint density at radius 2 is 2.31 bits per heavy atom. The van der Waals surface area contributed by atoms with E-state index in [4.69, 9.17) is 11.6 Å². The Balaban J connectivity index is 2.24. The van der Waals surface area contributed by atoms with E-state index in [0.29, 0.717) is 0 Å². The third-order valence-corrected chi connectivity index (χ3v) is 3.80. The third kappa shape index (κ3) is 5.39. The molecule has 1 rings (SSSR count). The van der Waals surface area contributed by atoms with Crippen LogP contribution in [0.5, 0.6) is 0 Å². The molecule has 0 aliphatic carbocycles. The molecule has 0 unspecified atom stereocenters. The molecule has 0 atom stereocenters. The first kappa shape index (κ1) is 14.1. The molecule has 0 heterocycles. The molecule has 0 spiro atoms. The normalized spacial score (nSPS) is 10.4. The molecule has 16 heavy (non-hydrogen) atoms. The van der Waals surface area contributed by atoms with Gasteiger partial charge < -0.3 is 5.32 Å². The van der Waals surface area contributed by atoms with Crippen LogP contribution in [0.4, 0.5) is 0 Å². The molecule has 0 aliphatic heterocycles. The zero-order valence-corrected chi connectivity index (χ0v) is 12.2. The van der Waals surface area contributed by atoms with E-state index < -0.39 is 0 Å². The standard InChI is InChI=1S/C12H15BrClNS/c1-2-6-16-7-5-15-9-10-3-4-11(13)8-12(10)14/h2-4,8,15H,1,5-7,9H2. The lowest BCUT2D eigenvalue weighted by Crippen LogP contribution is -2.16. The Morgan fingerprint density at radius 3 is 3.00 bits per heavy atom. The number of hydrogen-bond acceptors (Lipinski definition) is 2. The van der Waals surface area contributed by atoms with Gasteiger partial charge in [0.05, 0.1) is 0 Å². The predicted octanol–water partition coefficient (Wildman–Crippen LogP) is 4.11. The minimum absolute atomic E-state index is 0.806. The second-order valence-electron chi connectivity index (χ2n) is 3.28. The van der Waals surface area contributed by atoms with Gasteiger partial charge in [-0.1, -0.05) is 39.7 Å². The van der Waals surface area contributed by atoms with E-state index in [1.54, 1.807) is 0 Å². The fourth-order valence-electron chi connectivity index (χ4n) is 1.20. The summed E-state index contributed by atoms with van der Waals surface area (Å²) in [6.07, 6.45) is 1.93. The van der Waals surface area contributed by atoms with Gasteiger partial charge in [0.1, 0.15) is 0 Å². The quantitative estimate of drug-likeness (QED) is 0.599. The molecule has 88 valence electrons. The van der Waals surface area contributed by atoms with Gasteiger partial charge in [0.25, 0.3) is 0 Å². The molecule has 0 bridgehead atoms. The van der Waals surface area contributed by atoms with Gasteiger partial charge in [-0.3, -0.25) is 0 Å². The Morgan fingerprint density at radius 1 is 1.50 bits per heavy atom. The van der Waals surface area contributed by atoms with Crippen molar-refractivity contribution in [3.63, 3.8) is 0 Å². The van der Waals surface area contributed by atoms with Crippen LogP contribution in [0.15, 0.2) is 35.3 Å².